The Kier molecular flexibility index (Phi) is 8.49. The number of methoxy groups -OCH3 is 1. The summed E-state index contributed by atoms with van der Waals surface area (Å²) >= 11 is 6.78. The first-order valence-electron chi connectivity index (χ1n) is 10.8. The van der Waals surface area contributed by atoms with E-state index in [1.54, 1.807) is 49.5 Å². The van der Waals surface area contributed by atoms with Crippen molar-refractivity contribution in [2.45, 2.75) is 25.7 Å². The molecule has 2 aromatic carbocycles. The second kappa shape index (κ2) is 11.2. The number of amides is 1. The van der Waals surface area contributed by atoms with Gasteiger partial charge in [0, 0.05) is 4.88 Å². The van der Waals surface area contributed by atoms with Crippen LogP contribution in [0.1, 0.15) is 33.2 Å². The molecule has 0 radical (unpaired) electrons. The van der Waals surface area contributed by atoms with E-state index >= 15 is 0 Å². The third-order valence-corrected chi connectivity index (χ3v) is 6.89. The quantitative estimate of drug-likeness (QED) is 0.269. The molecule has 196 valence electrons. The van der Waals surface area contributed by atoms with Crippen LogP contribution in [0.15, 0.2) is 54.6 Å². The number of carbonyl (C=O) groups is 3. The highest BCUT2D eigenvalue weighted by Crippen LogP contribution is 2.43. The van der Waals surface area contributed by atoms with Crippen LogP contribution in [0.2, 0.25) is 5.02 Å². The van der Waals surface area contributed by atoms with Gasteiger partial charge in [0.15, 0.2) is 0 Å². The van der Waals surface area contributed by atoms with Gasteiger partial charge in [0.1, 0.15) is 5.00 Å². The number of alkyl halides is 3. The summed E-state index contributed by atoms with van der Waals surface area (Å²) in [7, 11) is 0.744. The Morgan fingerprint density at radius 3 is 2.22 bits per heavy atom. The fourth-order valence-electron chi connectivity index (χ4n) is 3.51. The zero-order valence-corrected chi connectivity index (χ0v) is 21.4. The van der Waals surface area contributed by atoms with E-state index in [-0.39, 0.29) is 27.8 Å². The highest BCUT2D eigenvalue weighted by atomic mass is 35.5. The molecule has 1 aromatic heterocycles. The molecule has 1 atom stereocenters. The lowest BCUT2D eigenvalue weighted by molar-refractivity contribution is -0.203. The number of rotatable bonds is 8. The van der Waals surface area contributed by atoms with Crippen LogP contribution in [-0.2, 0) is 14.3 Å². The predicted molar refractivity (Wildman–Crippen MR) is 134 cm³/mol. The van der Waals surface area contributed by atoms with Gasteiger partial charge in [-0.05, 0) is 37.1 Å². The summed E-state index contributed by atoms with van der Waals surface area (Å²) in [5.41, 5.74) is -3.34. The fraction of sp³-hybridized carbons (Fsp3) is 0.240. The third kappa shape index (κ3) is 5.57. The average Bonchev–Trinajstić information content (AvgIpc) is 3.18. The molecule has 37 heavy (non-hydrogen) atoms. The van der Waals surface area contributed by atoms with Crippen LogP contribution in [0.3, 0.4) is 0 Å². The molecular formula is C25H22ClF3N2O5S. The van der Waals surface area contributed by atoms with Crippen LogP contribution in [-0.4, -0.2) is 43.4 Å². The molecule has 3 aromatic rings. The van der Waals surface area contributed by atoms with Gasteiger partial charge >= 0.3 is 23.8 Å². The molecule has 3 rings (SSSR count). The Labute approximate surface area is 219 Å². The van der Waals surface area contributed by atoms with E-state index in [0.717, 1.165) is 18.4 Å². The maximum Gasteiger partial charge on any atom is 0.441 e. The van der Waals surface area contributed by atoms with Gasteiger partial charge in [-0.2, -0.15) is 13.2 Å². The lowest BCUT2D eigenvalue weighted by Crippen LogP contribution is -2.69. The lowest BCUT2D eigenvalue weighted by Gasteiger charge is -2.34. The van der Waals surface area contributed by atoms with E-state index in [0.29, 0.717) is 16.0 Å². The summed E-state index contributed by atoms with van der Waals surface area (Å²) in [6, 6.07) is 14.0. The van der Waals surface area contributed by atoms with E-state index in [2.05, 4.69) is 10.1 Å². The SMILES string of the molecule is CCOC(=O)c1c(N[C@](NC(=O)c2ccccc2Cl)(C(=O)OC)C(F)(F)F)sc(-c2ccccc2)c1C. The second-order valence-electron chi connectivity index (χ2n) is 7.65. The summed E-state index contributed by atoms with van der Waals surface area (Å²) in [6.45, 7) is 3.05. The molecule has 0 aliphatic carbocycles. The minimum absolute atomic E-state index is 0.0428. The topological polar surface area (TPSA) is 93.7 Å². The molecule has 0 unspecified atom stereocenters. The lowest BCUT2D eigenvalue weighted by atomic mass is 10.1. The van der Waals surface area contributed by atoms with Crippen molar-refractivity contribution in [3.8, 4) is 10.4 Å². The summed E-state index contributed by atoms with van der Waals surface area (Å²) in [5, 5.41) is 3.32. The minimum atomic E-state index is -5.42. The van der Waals surface area contributed by atoms with Gasteiger partial charge in [-0.15, -0.1) is 11.3 Å². The Balaban J connectivity index is 2.21. The number of anilines is 1. The molecule has 1 amide bonds. The number of nitrogens with one attached hydrogen (secondary N) is 2. The van der Waals surface area contributed by atoms with Gasteiger partial charge in [-0.25, -0.2) is 9.59 Å². The largest absolute Gasteiger partial charge is 0.466 e. The molecule has 2 N–H and O–H groups in total. The number of benzene rings is 2. The number of hydrogen-bond donors (Lipinski definition) is 2. The Morgan fingerprint density at radius 1 is 1.03 bits per heavy atom. The van der Waals surface area contributed by atoms with Crippen LogP contribution in [0.25, 0.3) is 10.4 Å². The van der Waals surface area contributed by atoms with Crippen LogP contribution in [0.4, 0.5) is 18.2 Å². The van der Waals surface area contributed by atoms with Crippen LogP contribution in [0, 0.1) is 6.92 Å². The minimum Gasteiger partial charge on any atom is -0.466 e. The predicted octanol–water partition coefficient (Wildman–Crippen LogP) is 5.83. The maximum absolute atomic E-state index is 14.7. The van der Waals surface area contributed by atoms with Gasteiger partial charge in [-0.1, -0.05) is 54.1 Å². The van der Waals surface area contributed by atoms with Crippen LogP contribution < -0.4 is 10.6 Å². The van der Waals surface area contributed by atoms with E-state index in [9.17, 15) is 27.6 Å². The number of carbonyl (C=O) groups excluding carboxylic acids is 3. The van der Waals surface area contributed by atoms with Crippen molar-refractivity contribution in [3.05, 3.63) is 76.3 Å². The maximum atomic E-state index is 14.7. The van der Waals surface area contributed by atoms with Gasteiger partial charge in [0.25, 0.3) is 5.91 Å². The molecular weight excluding hydrogens is 533 g/mol. The number of halogens is 4. The molecule has 0 spiro atoms. The molecule has 0 bridgehead atoms. The number of hydrogen-bond acceptors (Lipinski definition) is 7. The van der Waals surface area contributed by atoms with Crippen molar-refractivity contribution in [1.82, 2.24) is 5.32 Å². The van der Waals surface area contributed by atoms with Crippen molar-refractivity contribution in [3.63, 3.8) is 0 Å². The second-order valence-corrected chi connectivity index (χ2v) is 9.07. The highest BCUT2D eigenvalue weighted by molar-refractivity contribution is 7.20. The number of esters is 2. The summed E-state index contributed by atoms with van der Waals surface area (Å²) < 4.78 is 53.5. The smallest absolute Gasteiger partial charge is 0.441 e. The van der Waals surface area contributed by atoms with E-state index in [1.807, 2.05) is 0 Å². The summed E-state index contributed by atoms with van der Waals surface area (Å²) in [5.74, 6) is -4.06. The Bertz CT molecular complexity index is 1310. The summed E-state index contributed by atoms with van der Waals surface area (Å²) in [6.07, 6.45) is -5.42. The highest BCUT2D eigenvalue weighted by Gasteiger charge is 2.64. The van der Waals surface area contributed by atoms with Crippen molar-refractivity contribution in [2.75, 3.05) is 19.0 Å². The average molecular weight is 555 g/mol. The monoisotopic (exact) mass is 554 g/mol. The van der Waals surface area contributed by atoms with Gasteiger partial charge in [-0.3, -0.25) is 4.79 Å². The van der Waals surface area contributed by atoms with Crippen molar-refractivity contribution in [2.24, 2.45) is 0 Å². The van der Waals surface area contributed by atoms with Gasteiger partial charge in [0.05, 0.1) is 29.9 Å². The molecule has 1 heterocycles. The molecule has 0 aliphatic heterocycles. The summed E-state index contributed by atoms with van der Waals surface area (Å²) in [4.78, 5) is 39.0. The van der Waals surface area contributed by atoms with Crippen molar-refractivity contribution >= 4 is 45.8 Å². The van der Waals surface area contributed by atoms with E-state index in [4.69, 9.17) is 16.3 Å². The standard InChI is InChI=1S/C25H22ClF3N2O5S/c1-4-36-22(33)18-14(2)19(15-10-6-5-7-11-15)37-21(18)31-24(23(34)35-3,25(27,28)29)30-20(32)16-12-8-9-13-17(16)26/h5-13,31H,4H2,1-3H3,(H,30,32)/t24-/m1/s1. The molecule has 0 aliphatic rings. The molecule has 0 fully saturated rings. The fourth-order valence-corrected chi connectivity index (χ4v) is 4.99. The van der Waals surface area contributed by atoms with Crippen molar-refractivity contribution < 1.29 is 37.0 Å². The van der Waals surface area contributed by atoms with E-state index < -0.39 is 29.7 Å². The first kappa shape index (κ1) is 28.0. The zero-order chi connectivity index (χ0) is 27.4. The van der Waals surface area contributed by atoms with Crippen LogP contribution in [0.5, 0.6) is 0 Å². The van der Waals surface area contributed by atoms with E-state index in [1.165, 1.54) is 24.3 Å². The van der Waals surface area contributed by atoms with Crippen LogP contribution >= 0.6 is 22.9 Å². The zero-order valence-electron chi connectivity index (χ0n) is 19.9. The number of ether oxygens (including phenoxy) is 2. The first-order valence-corrected chi connectivity index (χ1v) is 12.0. The Morgan fingerprint density at radius 2 is 1.65 bits per heavy atom. The molecule has 12 heteroatoms. The number of thiophene rings is 1. The Hall–Kier alpha value is -3.57. The first-order chi connectivity index (χ1) is 17.5. The van der Waals surface area contributed by atoms with Gasteiger partial charge < -0.3 is 20.1 Å². The normalized spacial score (nSPS) is 12.8. The van der Waals surface area contributed by atoms with Gasteiger partial charge in [0.2, 0.25) is 0 Å². The molecule has 0 saturated heterocycles. The molecule has 7 nitrogen and oxygen atoms in total. The van der Waals surface area contributed by atoms with Crippen molar-refractivity contribution in [1.29, 1.82) is 0 Å². The molecule has 0 saturated carbocycles. The third-order valence-electron chi connectivity index (χ3n) is 5.30.